The first-order valence-electron chi connectivity index (χ1n) is 7.91. The molecule has 0 atom stereocenters. The molecule has 1 aliphatic carbocycles. The highest BCUT2D eigenvalue weighted by molar-refractivity contribution is 7.90. The first-order valence-corrected chi connectivity index (χ1v) is 9.80. The molecule has 130 valence electrons. The molecule has 1 saturated carbocycles. The molecule has 0 spiro atoms. The Morgan fingerprint density at radius 2 is 1.92 bits per heavy atom. The minimum atomic E-state index is -3.35. The van der Waals surface area contributed by atoms with Crippen LogP contribution < -0.4 is 0 Å². The van der Waals surface area contributed by atoms with E-state index in [9.17, 15) is 17.2 Å². The number of hydrogen-bond donors (Lipinski definition) is 0. The Morgan fingerprint density at radius 1 is 1.21 bits per heavy atom. The molecule has 0 radical (unpaired) electrons. The van der Waals surface area contributed by atoms with Crippen LogP contribution in [0.5, 0.6) is 0 Å². The van der Waals surface area contributed by atoms with Crippen LogP contribution in [-0.4, -0.2) is 29.4 Å². The molecule has 5 nitrogen and oxygen atoms in total. The summed E-state index contributed by atoms with van der Waals surface area (Å²) in [6, 6.07) is 4.38. The molecule has 24 heavy (non-hydrogen) atoms. The van der Waals surface area contributed by atoms with Crippen LogP contribution in [0.1, 0.15) is 55.8 Å². The lowest BCUT2D eigenvalue weighted by molar-refractivity contribution is 0.145. The molecule has 0 aromatic carbocycles. The summed E-state index contributed by atoms with van der Waals surface area (Å²) in [6.07, 6.45) is 4.86. The van der Waals surface area contributed by atoms with Gasteiger partial charge in [-0.05, 0) is 31.0 Å². The smallest absolute Gasteiger partial charge is 0.236 e. The number of nitrogens with zero attached hydrogens (tertiary/aromatic N) is 3. The van der Waals surface area contributed by atoms with E-state index in [1.165, 1.54) is 29.1 Å². The third kappa shape index (κ3) is 3.48. The first kappa shape index (κ1) is 17.0. The van der Waals surface area contributed by atoms with E-state index in [2.05, 4.69) is 10.1 Å². The van der Waals surface area contributed by atoms with Crippen LogP contribution in [0.2, 0.25) is 0 Å². The summed E-state index contributed by atoms with van der Waals surface area (Å²) in [6.45, 7) is 0. The van der Waals surface area contributed by atoms with E-state index in [1.54, 1.807) is 0 Å². The molecule has 1 aliphatic rings. The summed E-state index contributed by atoms with van der Waals surface area (Å²) in [4.78, 5) is 4.21. The number of hydrogen-bond acceptors (Lipinski definition) is 4. The van der Waals surface area contributed by atoms with Gasteiger partial charge in [0.1, 0.15) is 5.69 Å². The summed E-state index contributed by atoms with van der Waals surface area (Å²) in [5, 5.41) is 4.00. The molecule has 3 rings (SSSR count). The van der Waals surface area contributed by atoms with Gasteiger partial charge < -0.3 is 0 Å². The van der Waals surface area contributed by atoms with E-state index >= 15 is 0 Å². The van der Waals surface area contributed by atoms with E-state index in [-0.39, 0.29) is 16.5 Å². The van der Waals surface area contributed by atoms with Gasteiger partial charge in [0.15, 0.2) is 15.7 Å². The lowest BCUT2D eigenvalue weighted by Crippen LogP contribution is -2.12. The van der Waals surface area contributed by atoms with Crippen molar-refractivity contribution in [2.45, 2.75) is 49.3 Å². The highest BCUT2D eigenvalue weighted by Crippen LogP contribution is 2.35. The lowest BCUT2D eigenvalue weighted by atomic mass is 9.87. The van der Waals surface area contributed by atoms with Crippen LogP contribution in [0.15, 0.2) is 29.3 Å². The van der Waals surface area contributed by atoms with E-state index in [0.717, 1.165) is 44.1 Å². The van der Waals surface area contributed by atoms with Crippen LogP contribution in [0.4, 0.5) is 8.78 Å². The standard InChI is InChI=1S/C16H19F2N3O2S/c1-24(22,23)12-7-8-15(19-10-12)21-14(9-13(20-21)16(17)18)11-5-3-2-4-6-11/h7-11,16H,2-6H2,1H3. The summed E-state index contributed by atoms with van der Waals surface area (Å²) in [5.74, 6) is 0.532. The van der Waals surface area contributed by atoms with Gasteiger partial charge in [0.25, 0.3) is 6.43 Å². The van der Waals surface area contributed by atoms with Gasteiger partial charge in [-0.2, -0.15) is 5.10 Å². The second-order valence-electron chi connectivity index (χ2n) is 6.17. The molecule has 2 aromatic rings. The maximum Gasteiger partial charge on any atom is 0.282 e. The summed E-state index contributed by atoms with van der Waals surface area (Å²) >= 11 is 0. The van der Waals surface area contributed by atoms with Gasteiger partial charge >= 0.3 is 0 Å². The fourth-order valence-electron chi connectivity index (χ4n) is 3.11. The SMILES string of the molecule is CS(=O)(=O)c1ccc(-n2nc(C(F)F)cc2C2CCCCC2)nc1. The Hall–Kier alpha value is -1.83. The molecule has 1 fully saturated rings. The number of rotatable bonds is 4. The van der Waals surface area contributed by atoms with Crippen molar-refractivity contribution >= 4 is 9.84 Å². The van der Waals surface area contributed by atoms with Gasteiger partial charge in [-0.3, -0.25) is 0 Å². The Kier molecular flexibility index (Phi) is 4.67. The predicted octanol–water partition coefficient (Wildman–Crippen LogP) is 3.66. The topological polar surface area (TPSA) is 64.8 Å². The number of aromatic nitrogens is 3. The number of pyridine rings is 1. The zero-order valence-corrected chi connectivity index (χ0v) is 14.1. The fourth-order valence-corrected chi connectivity index (χ4v) is 3.67. The minimum absolute atomic E-state index is 0.0895. The summed E-state index contributed by atoms with van der Waals surface area (Å²) in [5.41, 5.74) is 0.453. The van der Waals surface area contributed by atoms with Crippen LogP contribution in [0.3, 0.4) is 0 Å². The highest BCUT2D eigenvalue weighted by Gasteiger charge is 2.24. The van der Waals surface area contributed by atoms with Crippen molar-refractivity contribution in [2.24, 2.45) is 0 Å². The monoisotopic (exact) mass is 355 g/mol. The predicted molar refractivity (Wildman–Crippen MR) is 85.3 cm³/mol. The number of sulfone groups is 1. The normalized spacial score (nSPS) is 16.7. The second-order valence-corrected chi connectivity index (χ2v) is 8.18. The van der Waals surface area contributed by atoms with Crippen LogP contribution in [-0.2, 0) is 9.84 Å². The van der Waals surface area contributed by atoms with Crippen molar-refractivity contribution in [1.29, 1.82) is 0 Å². The minimum Gasteiger partial charge on any atom is -0.236 e. The summed E-state index contributed by atoms with van der Waals surface area (Å²) in [7, 11) is -3.35. The van der Waals surface area contributed by atoms with Gasteiger partial charge in [0, 0.05) is 24.1 Å². The van der Waals surface area contributed by atoms with Gasteiger partial charge in [0.05, 0.1) is 4.90 Å². The van der Waals surface area contributed by atoms with Gasteiger partial charge in [-0.15, -0.1) is 0 Å². The Balaban J connectivity index is 2.02. The molecule has 2 heterocycles. The molecule has 0 bridgehead atoms. The zero-order chi connectivity index (χ0) is 17.3. The Morgan fingerprint density at radius 3 is 2.46 bits per heavy atom. The van der Waals surface area contributed by atoms with Gasteiger partial charge in [-0.1, -0.05) is 19.3 Å². The molecule has 0 saturated heterocycles. The van der Waals surface area contributed by atoms with E-state index < -0.39 is 16.3 Å². The lowest BCUT2D eigenvalue weighted by Gasteiger charge is -2.22. The maximum atomic E-state index is 13.1. The number of alkyl halides is 2. The van der Waals surface area contributed by atoms with Crippen LogP contribution in [0, 0.1) is 0 Å². The molecule has 8 heteroatoms. The van der Waals surface area contributed by atoms with Crippen molar-refractivity contribution in [3.63, 3.8) is 0 Å². The molecule has 2 aromatic heterocycles. The Bertz CT molecular complexity index is 810. The van der Waals surface area contributed by atoms with E-state index in [0.29, 0.717) is 5.82 Å². The molecular formula is C16H19F2N3O2S. The summed E-state index contributed by atoms with van der Waals surface area (Å²) < 4.78 is 50.7. The molecule has 0 amide bonds. The van der Waals surface area contributed by atoms with E-state index in [4.69, 9.17) is 0 Å². The molecule has 0 aliphatic heterocycles. The average Bonchev–Trinajstić information content (AvgIpc) is 3.00. The van der Waals surface area contributed by atoms with Crippen molar-refractivity contribution in [1.82, 2.24) is 14.8 Å². The molecule has 0 unspecified atom stereocenters. The quantitative estimate of drug-likeness (QED) is 0.840. The van der Waals surface area contributed by atoms with Crippen molar-refractivity contribution in [2.75, 3.05) is 6.26 Å². The van der Waals surface area contributed by atoms with Crippen molar-refractivity contribution in [3.8, 4) is 5.82 Å². The van der Waals surface area contributed by atoms with Crippen molar-refractivity contribution < 1.29 is 17.2 Å². The van der Waals surface area contributed by atoms with Crippen LogP contribution >= 0.6 is 0 Å². The number of halogens is 2. The maximum absolute atomic E-state index is 13.1. The van der Waals surface area contributed by atoms with Gasteiger partial charge in [0.2, 0.25) is 0 Å². The second kappa shape index (κ2) is 6.58. The average molecular weight is 355 g/mol. The fraction of sp³-hybridized carbons (Fsp3) is 0.500. The highest BCUT2D eigenvalue weighted by atomic mass is 32.2. The Labute approximate surface area is 139 Å². The largest absolute Gasteiger partial charge is 0.282 e. The zero-order valence-electron chi connectivity index (χ0n) is 13.3. The molecule has 0 N–H and O–H groups in total. The third-order valence-electron chi connectivity index (χ3n) is 4.37. The van der Waals surface area contributed by atoms with Crippen molar-refractivity contribution in [3.05, 3.63) is 35.8 Å². The van der Waals surface area contributed by atoms with Crippen LogP contribution in [0.25, 0.3) is 5.82 Å². The molecular weight excluding hydrogens is 336 g/mol. The first-order chi connectivity index (χ1) is 11.4. The van der Waals surface area contributed by atoms with Gasteiger partial charge in [-0.25, -0.2) is 26.9 Å². The van der Waals surface area contributed by atoms with E-state index in [1.807, 2.05) is 0 Å². The third-order valence-corrected chi connectivity index (χ3v) is 5.47.